The first-order valence-electron chi connectivity index (χ1n) is 4.42. The molecule has 0 radical (unpaired) electrons. The second kappa shape index (κ2) is 3.80. The van der Waals surface area contributed by atoms with Crippen molar-refractivity contribution in [2.24, 2.45) is 5.92 Å². The Morgan fingerprint density at radius 3 is 2.71 bits per heavy atom. The van der Waals surface area contributed by atoms with E-state index in [-0.39, 0.29) is 11.5 Å². The lowest BCUT2D eigenvalue weighted by atomic mass is 10.1. The van der Waals surface area contributed by atoms with Gasteiger partial charge in [0, 0.05) is 10.6 Å². The summed E-state index contributed by atoms with van der Waals surface area (Å²) in [7, 11) is 0. The van der Waals surface area contributed by atoms with Gasteiger partial charge >= 0.3 is 0 Å². The maximum absolute atomic E-state index is 13.6. The molecule has 1 aliphatic carbocycles. The third-order valence-electron chi connectivity index (χ3n) is 2.44. The molecule has 1 aromatic rings. The van der Waals surface area contributed by atoms with E-state index in [0.29, 0.717) is 9.50 Å². The van der Waals surface area contributed by atoms with Gasteiger partial charge in [-0.15, -0.1) is 0 Å². The molecule has 4 heteroatoms. The van der Waals surface area contributed by atoms with Gasteiger partial charge in [0.25, 0.3) is 0 Å². The summed E-state index contributed by atoms with van der Waals surface area (Å²) in [5.41, 5.74) is 0.226. The van der Waals surface area contributed by atoms with E-state index in [1.165, 1.54) is 0 Å². The Kier molecular flexibility index (Phi) is 2.82. The van der Waals surface area contributed by atoms with E-state index in [1.807, 2.05) is 0 Å². The van der Waals surface area contributed by atoms with Gasteiger partial charge in [-0.2, -0.15) is 0 Å². The van der Waals surface area contributed by atoms with Crippen molar-refractivity contribution in [2.75, 3.05) is 0 Å². The molecule has 2 rings (SSSR count). The summed E-state index contributed by atoms with van der Waals surface area (Å²) in [6.45, 7) is 0. The minimum Gasteiger partial charge on any atom is -0.388 e. The van der Waals surface area contributed by atoms with Crippen LogP contribution in [0.1, 0.15) is 24.5 Å². The maximum atomic E-state index is 13.6. The van der Waals surface area contributed by atoms with Crippen LogP contribution in [0.5, 0.6) is 0 Å². The number of hydrogen-bond donors (Lipinski definition) is 1. The molecule has 1 nitrogen and oxygen atoms in total. The second-order valence-electron chi connectivity index (χ2n) is 3.54. The predicted octanol–water partition coefficient (Wildman–Crippen LogP) is 3.69. The predicted molar refractivity (Wildman–Crippen MR) is 56.8 cm³/mol. The molecule has 1 aromatic carbocycles. The molecule has 0 saturated heterocycles. The van der Waals surface area contributed by atoms with Crippen molar-refractivity contribution in [1.29, 1.82) is 0 Å². The molecule has 0 heterocycles. The van der Waals surface area contributed by atoms with Crippen molar-refractivity contribution in [3.05, 3.63) is 33.0 Å². The number of halogens is 3. The number of aliphatic hydroxyl groups is 1. The first-order valence-corrected chi connectivity index (χ1v) is 5.60. The van der Waals surface area contributed by atoms with Crippen LogP contribution in [0, 0.1) is 11.7 Å². The van der Waals surface area contributed by atoms with E-state index in [9.17, 15) is 9.50 Å². The third kappa shape index (κ3) is 1.81. The van der Waals surface area contributed by atoms with Gasteiger partial charge in [0.15, 0.2) is 0 Å². The molecular formula is C10H9BrClFO. The van der Waals surface area contributed by atoms with Crippen LogP contribution >= 0.6 is 27.5 Å². The zero-order valence-electron chi connectivity index (χ0n) is 7.30. The van der Waals surface area contributed by atoms with Gasteiger partial charge in [-0.05, 0) is 46.8 Å². The van der Waals surface area contributed by atoms with Crippen molar-refractivity contribution in [3.8, 4) is 0 Å². The lowest BCUT2D eigenvalue weighted by molar-refractivity contribution is 0.149. The quantitative estimate of drug-likeness (QED) is 0.819. The maximum Gasteiger partial charge on any atom is 0.144 e. The van der Waals surface area contributed by atoms with Gasteiger partial charge in [0.05, 0.1) is 10.6 Å². The highest BCUT2D eigenvalue weighted by Gasteiger charge is 2.34. The summed E-state index contributed by atoms with van der Waals surface area (Å²) in [5.74, 6) is -0.270. The molecule has 1 atom stereocenters. The van der Waals surface area contributed by atoms with Crippen LogP contribution in [0.25, 0.3) is 0 Å². The SMILES string of the molecule is OC(c1c(Cl)ccc(Br)c1F)C1CC1. The fraction of sp³-hybridized carbons (Fsp3) is 0.400. The summed E-state index contributed by atoms with van der Waals surface area (Å²) in [6, 6.07) is 3.14. The highest BCUT2D eigenvalue weighted by Crippen LogP contribution is 2.44. The second-order valence-corrected chi connectivity index (χ2v) is 4.80. The van der Waals surface area contributed by atoms with Crippen LogP contribution in [0.2, 0.25) is 5.02 Å². The Labute approximate surface area is 95.0 Å². The molecule has 14 heavy (non-hydrogen) atoms. The Morgan fingerprint density at radius 1 is 1.50 bits per heavy atom. The first kappa shape index (κ1) is 10.4. The van der Waals surface area contributed by atoms with Gasteiger partial charge in [0.2, 0.25) is 0 Å². The molecule has 0 spiro atoms. The molecule has 0 aromatic heterocycles. The normalized spacial score (nSPS) is 18.3. The van der Waals surface area contributed by atoms with Gasteiger partial charge in [0.1, 0.15) is 5.82 Å². The van der Waals surface area contributed by atoms with Crippen molar-refractivity contribution in [1.82, 2.24) is 0 Å². The van der Waals surface area contributed by atoms with Crippen LogP contribution in [0.4, 0.5) is 4.39 Å². The van der Waals surface area contributed by atoms with Crippen LogP contribution in [-0.4, -0.2) is 5.11 Å². The lowest BCUT2D eigenvalue weighted by Crippen LogP contribution is -2.04. The molecule has 1 fully saturated rings. The number of hydrogen-bond acceptors (Lipinski definition) is 1. The third-order valence-corrected chi connectivity index (χ3v) is 3.39. The van der Waals surface area contributed by atoms with Crippen LogP contribution in [-0.2, 0) is 0 Å². The topological polar surface area (TPSA) is 20.2 Å². The Bertz CT molecular complexity index is 365. The molecular weight excluding hydrogens is 270 g/mol. The summed E-state index contributed by atoms with van der Waals surface area (Å²) in [5, 5.41) is 10.1. The smallest absolute Gasteiger partial charge is 0.144 e. The fourth-order valence-electron chi connectivity index (χ4n) is 1.46. The molecule has 0 bridgehead atoms. The number of benzene rings is 1. The molecule has 1 saturated carbocycles. The highest BCUT2D eigenvalue weighted by molar-refractivity contribution is 9.10. The Morgan fingerprint density at radius 2 is 2.14 bits per heavy atom. The van der Waals surface area contributed by atoms with Crippen LogP contribution in [0.15, 0.2) is 16.6 Å². The summed E-state index contributed by atoms with van der Waals surface area (Å²) in [4.78, 5) is 0. The summed E-state index contributed by atoms with van der Waals surface area (Å²) >= 11 is 8.92. The minimum absolute atomic E-state index is 0.177. The number of aliphatic hydroxyl groups excluding tert-OH is 1. The van der Waals surface area contributed by atoms with E-state index in [0.717, 1.165) is 12.8 Å². The van der Waals surface area contributed by atoms with Crippen molar-refractivity contribution in [3.63, 3.8) is 0 Å². The van der Waals surface area contributed by atoms with Crippen molar-refractivity contribution in [2.45, 2.75) is 18.9 Å². The molecule has 1 aliphatic rings. The Hall–Kier alpha value is -0.120. The van der Waals surface area contributed by atoms with Crippen LogP contribution < -0.4 is 0 Å². The van der Waals surface area contributed by atoms with Gasteiger partial charge in [-0.3, -0.25) is 0 Å². The first-order chi connectivity index (χ1) is 6.61. The molecule has 1 N–H and O–H groups in total. The highest BCUT2D eigenvalue weighted by atomic mass is 79.9. The molecule has 0 amide bonds. The summed E-state index contributed by atoms with van der Waals surface area (Å²) < 4.78 is 14.0. The molecule has 76 valence electrons. The van der Waals surface area contributed by atoms with Crippen molar-refractivity contribution < 1.29 is 9.50 Å². The largest absolute Gasteiger partial charge is 0.388 e. The van der Waals surface area contributed by atoms with Gasteiger partial charge in [-0.1, -0.05) is 11.6 Å². The zero-order valence-corrected chi connectivity index (χ0v) is 9.65. The van der Waals surface area contributed by atoms with E-state index < -0.39 is 11.9 Å². The zero-order chi connectivity index (χ0) is 10.3. The summed E-state index contributed by atoms with van der Waals surface area (Å²) in [6.07, 6.45) is 1.13. The van der Waals surface area contributed by atoms with Gasteiger partial charge < -0.3 is 5.11 Å². The minimum atomic E-state index is -0.764. The fourth-order valence-corrected chi connectivity index (χ4v) is 2.07. The lowest BCUT2D eigenvalue weighted by Gasteiger charge is -2.13. The number of rotatable bonds is 2. The molecule has 1 unspecified atom stereocenters. The standard InChI is InChI=1S/C10H9BrClFO/c11-6-3-4-7(12)8(9(6)13)10(14)5-1-2-5/h3-5,10,14H,1-2H2. The van der Waals surface area contributed by atoms with Crippen LogP contribution in [0.3, 0.4) is 0 Å². The van der Waals surface area contributed by atoms with E-state index in [4.69, 9.17) is 11.6 Å². The average Bonchev–Trinajstić information content (AvgIpc) is 2.95. The van der Waals surface area contributed by atoms with Crippen molar-refractivity contribution >= 4 is 27.5 Å². The Balaban J connectivity index is 2.43. The van der Waals surface area contributed by atoms with E-state index in [1.54, 1.807) is 12.1 Å². The molecule has 0 aliphatic heterocycles. The van der Waals surface area contributed by atoms with E-state index >= 15 is 0 Å². The van der Waals surface area contributed by atoms with E-state index in [2.05, 4.69) is 15.9 Å². The van der Waals surface area contributed by atoms with Gasteiger partial charge in [-0.25, -0.2) is 4.39 Å². The monoisotopic (exact) mass is 278 g/mol. The average molecular weight is 280 g/mol.